The van der Waals surface area contributed by atoms with Gasteiger partial charge in [-0.1, -0.05) is 23.7 Å². The van der Waals surface area contributed by atoms with Crippen LogP contribution >= 0.6 is 11.6 Å². The van der Waals surface area contributed by atoms with Gasteiger partial charge in [0.25, 0.3) is 5.69 Å². The molecule has 0 aliphatic carbocycles. The van der Waals surface area contributed by atoms with Gasteiger partial charge in [0.2, 0.25) is 5.91 Å². The van der Waals surface area contributed by atoms with E-state index >= 15 is 0 Å². The molecule has 6 nitrogen and oxygen atoms in total. The van der Waals surface area contributed by atoms with Gasteiger partial charge in [0.1, 0.15) is 0 Å². The second-order valence-corrected chi connectivity index (χ2v) is 5.95. The predicted octanol–water partition coefficient (Wildman–Crippen LogP) is 3.71. The van der Waals surface area contributed by atoms with E-state index in [9.17, 15) is 14.9 Å². The van der Waals surface area contributed by atoms with Crippen LogP contribution in [0.2, 0.25) is 5.02 Å². The van der Waals surface area contributed by atoms with E-state index in [-0.39, 0.29) is 17.6 Å². The number of halogens is 1. The van der Waals surface area contributed by atoms with Gasteiger partial charge >= 0.3 is 0 Å². The number of nitrogens with one attached hydrogen (secondary N) is 1. The summed E-state index contributed by atoms with van der Waals surface area (Å²) in [5, 5.41) is 14.1. The Morgan fingerprint density at radius 3 is 2.33 bits per heavy atom. The van der Waals surface area contributed by atoms with Crippen molar-refractivity contribution in [3.05, 3.63) is 69.2 Å². The third-order valence-electron chi connectivity index (χ3n) is 3.73. The summed E-state index contributed by atoms with van der Waals surface area (Å²) >= 11 is 5.86. The van der Waals surface area contributed by atoms with Crippen LogP contribution in [0.5, 0.6) is 0 Å². The lowest BCUT2D eigenvalue weighted by molar-refractivity contribution is -0.384. The fourth-order valence-corrected chi connectivity index (χ4v) is 2.25. The molecule has 0 fully saturated rings. The molecule has 1 atom stereocenters. The van der Waals surface area contributed by atoms with Crippen LogP contribution in [0.3, 0.4) is 0 Å². The molecule has 0 saturated heterocycles. The van der Waals surface area contributed by atoms with Crippen molar-refractivity contribution in [1.29, 1.82) is 0 Å². The van der Waals surface area contributed by atoms with Gasteiger partial charge in [-0.2, -0.15) is 0 Å². The third kappa shape index (κ3) is 4.78. The zero-order chi connectivity index (χ0) is 17.7. The molecule has 0 aliphatic rings. The summed E-state index contributed by atoms with van der Waals surface area (Å²) < 4.78 is 0. The smallest absolute Gasteiger partial charge is 0.269 e. The van der Waals surface area contributed by atoms with Gasteiger partial charge in [-0.05, 0) is 43.8 Å². The van der Waals surface area contributed by atoms with E-state index in [0.29, 0.717) is 17.3 Å². The fourth-order valence-electron chi connectivity index (χ4n) is 2.13. The highest BCUT2D eigenvalue weighted by molar-refractivity contribution is 6.30. The van der Waals surface area contributed by atoms with Crippen molar-refractivity contribution in [1.82, 2.24) is 4.90 Å². The number of rotatable bonds is 6. The Morgan fingerprint density at radius 2 is 1.79 bits per heavy atom. The fraction of sp³-hybridized carbons (Fsp3) is 0.235. The molecule has 24 heavy (non-hydrogen) atoms. The van der Waals surface area contributed by atoms with Crippen LogP contribution in [0.15, 0.2) is 48.5 Å². The maximum absolute atomic E-state index is 12.3. The number of nitro benzene ring substituents is 1. The summed E-state index contributed by atoms with van der Waals surface area (Å²) in [5.74, 6) is -0.180. The highest BCUT2D eigenvalue weighted by Gasteiger charge is 2.18. The number of anilines is 1. The largest absolute Gasteiger partial charge is 0.325 e. The highest BCUT2D eigenvalue weighted by Crippen LogP contribution is 2.16. The molecule has 7 heteroatoms. The van der Waals surface area contributed by atoms with Crippen molar-refractivity contribution < 1.29 is 9.72 Å². The first-order chi connectivity index (χ1) is 11.4. The van der Waals surface area contributed by atoms with Gasteiger partial charge in [-0.25, -0.2) is 0 Å². The van der Waals surface area contributed by atoms with Crippen molar-refractivity contribution >= 4 is 28.9 Å². The quantitative estimate of drug-likeness (QED) is 0.638. The van der Waals surface area contributed by atoms with Crippen LogP contribution in [0.1, 0.15) is 12.5 Å². The SMILES string of the molecule is CC(C(=O)Nc1ccc([N+](=O)[O-])cc1)N(C)Cc1ccc(Cl)cc1. The van der Waals surface area contributed by atoms with Crippen LogP contribution in [-0.2, 0) is 11.3 Å². The van der Waals surface area contributed by atoms with Gasteiger partial charge in [-0.15, -0.1) is 0 Å². The topological polar surface area (TPSA) is 75.5 Å². The maximum Gasteiger partial charge on any atom is 0.269 e. The molecule has 0 aliphatic heterocycles. The number of hydrogen-bond acceptors (Lipinski definition) is 4. The van der Waals surface area contributed by atoms with E-state index < -0.39 is 4.92 Å². The minimum Gasteiger partial charge on any atom is -0.325 e. The van der Waals surface area contributed by atoms with E-state index in [2.05, 4.69) is 5.32 Å². The summed E-state index contributed by atoms with van der Waals surface area (Å²) in [6.07, 6.45) is 0. The first-order valence-electron chi connectivity index (χ1n) is 7.37. The number of benzene rings is 2. The molecule has 0 aromatic heterocycles. The average Bonchev–Trinajstić information content (AvgIpc) is 2.56. The molecule has 1 N–H and O–H groups in total. The van der Waals surface area contributed by atoms with Crippen LogP contribution in [-0.4, -0.2) is 28.8 Å². The zero-order valence-corrected chi connectivity index (χ0v) is 14.2. The van der Waals surface area contributed by atoms with Crippen molar-refractivity contribution in [2.45, 2.75) is 19.5 Å². The van der Waals surface area contributed by atoms with Gasteiger partial charge in [0.05, 0.1) is 11.0 Å². The Bertz CT molecular complexity index is 717. The van der Waals surface area contributed by atoms with E-state index in [1.54, 1.807) is 6.92 Å². The maximum atomic E-state index is 12.3. The van der Waals surface area contributed by atoms with Gasteiger partial charge in [0.15, 0.2) is 0 Å². The van der Waals surface area contributed by atoms with E-state index in [1.165, 1.54) is 24.3 Å². The Balaban J connectivity index is 1.95. The molecule has 0 bridgehead atoms. The summed E-state index contributed by atoms with van der Waals surface area (Å²) in [4.78, 5) is 24.4. The Morgan fingerprint density at radius 1 is 1.21 bits per heavy atom. The number of likely N-dealkylation sites (N-methyl/N-ethyl adjacent to an activating group) is 1. The molecule has 0 heterocycles. The standard InChI is InChI=1S/C17H18ClN3O3/c1-12(20(2)11-13-3-5-14(18)6-4-13)17(22)19-15-7-9-16(10-8-15)21(23)24/h3-10,12H,11H2,1-2H3,(H,19,22). The molecule has 0 spiro atoms. The third-order valence-corrected chi connectivity index (χ3v) is 3.98. The molecule has 0 radical (unpaired) electrons. The zero-order valence-electron chi connectivity index (χ0n) is 13.4. The Hall–Kier alpha value is -2.44. The molecule has 1 amide bonds. The van der Waals surface area contributed by atoms with Crippen molar-refractivity contribution in [3.8, 4) is 0 Å². The van der Waals surface area contributed by atoms with Crippen LogP contribution in [0.25, 0.3) is 0 Å². The van der Waals surface area contributed by atoms with E-state index in [0.717, 1.165) is 5.56 Å². The number of carbonyl (C=O) groups excluding carboxylic acids is 1. The number of non-ortho nitro benzene ring substituents is 1. The molecular formula is C17H18ClN3O3. The van der Waals surface area contributed by atoms with Crippen molar-refractivity contribution in [3.63, 3.8) is 0 Å². The minimum absolute atomic E-state index is 0.0131. The molecule has 2 rings (SSSR count). The lowest BCUT2D eigenvalue weighted by atomic mass is 10.2. The second-order valence-electron chi connectivity index (χ2n) is 5.51. The first kappa shape index (κ1) is 17.9. The lowest BCUT2D eigenvalue weighted by Crippen LogP contribution is -2.39. The van der Waals surface area contributed by atoms with Crippen molar-refractivity contribution in [2.75, 3.05) is 12.4 Å². The highest BCUT2D eigenvalue weighted by atomic mass is 35.5. The lowest BCUT2D eigenvalue weighted by Gasteiger charge is -2.24. The van der Waals surface area contributed by atoms with Crippen LogP contribution in [0.4, 0.5) is 11.4 Å². The molecule has 1 unspecified atom stereocenters. The summed E-state index contributed by atoms with van der Waals surface area (Å²) in [7, 11) is 1.86. The van der Waals surface area contributed by atoms with Gasteiger partial charge < -0.3 is 5.32 Å². The normalized spacial score (nSPS) is 12.0. The number of amides is 1. The second kappa shape index (κ2) is 7.90. The van der Waals surface area contributed by atoms with Gasteiger partial charge in [0, 0.05) is 29.4 Å². The summed E-state index contributed by atoms with van der Waals surface area (Å²) in [5.41, 5.74) is 1.56. The predicted molar refractivity (Wildman–Crippen MR) is 94.1 cm³/mol. The molecule has 2 aromatic carbocycles. The number of nitro groups is 1. The monoisotopic (exact) mass is 347 g/mol. The van der Waals surface area contributed by atoms with Gasteiger partial charge in [-0.3, -0.25) is 19.8 Å². The average molecular weight is 348 g/mol. The summed E-state index contributed by atoms with van der Waals surface area (Å²) in [6.45, 7) is 2.41. The number of nitrogens with zero attached hydrogens (tertiary/aromatic N) is 2. The minimum atomic E-state index is -0.478. The van der Waals surface area contributed by atoms with Crippen LogP contribution < -0.4 is 5.32 Å². The molecule has 0 saturated carbocycles. The number of hydrogen-bond donors (Lipinski definition) is 1. The molecule has 2 aromatic rings. The number of carbonyl (C=O) groups is 1. The Labute approximate surface area is 145 Å². The molecular weight excluding hydrogens is 330 g/mol. The van der Waals surface area contributed by atoms with Crippen LogP contribution in [0, 0.1) is 10.1 Å². The first-order valence-corrected chi connectivity index (χ1v) is 7.74. The summed E-state index contributed by atoms with van der Waals surface area (Å²) in [6, 6.07) is 12.8. The van der Waals surface area contributed by atoms with E-state index in [1.807, 2.05) is 36.2 Å². The Kier molecular flexibility index (Phi) is 5.89. The molecule has 126 valence electrons. The van der Waals surface area contributed by atoms with E-state index in [4.69, 9.17) is 11.6 Å². The van der Waals surface area contributed by atoms with Crippen molar-refractivity contribution in [2.24, 2.45) is 0 Å².